The van der Waals surface area contributed by atoms with Gasteiger partial charge in [-0.2, -0.15) is 0 Å². The zero-order valence-electron chi connectivity index (χ0n) is 37.4. The average Bonchev–Trinajstić information content (AvgIpc) is 3.20. The van der Waals surface area contributed by atoms with Crippen molar-refractivity contribution in [2.75, 3.05) is 19.8 Å². The summed E-state index contributed by atoms with van der Waals surface area (Å²) in [7, 11) is 0. The summed E-state index contributed by atoms with van der Waals surface area (Å²) in [6.07, 6.45) is 56.8. The summed E-state index contributed by atoms with van der Waals surface area (Å²) in [6.45, 7) is 7.69. The summed E-state index contributed by atoms with van der Waals surface area (Å²) in [5.41, 5.74) is 0. The third-order valence-corrected chi connectivity index (χ3v) is 10.3. The normalized spacial score (nSPS) is 12.6. The van der Waals surface area contributed by atoms with Gasteiger partial charge in [-0.05, 0) is 77.0 Å². The van der Waals surface area contributed by atoms with Crippen LogP contribution in [0.15, 0.2) is 48.6 Å². The van der Waals surface area contributed by atoms with Crippen LogP contribution in [-0.4, -0.2) is 37.9 Å². The first-order chi connectivity index (χ1) is 27.6. The smallest absolute Gasteiger partial charge is 0.306 e. The molecule has 0 aliphatic heterocycles. The summed E-state index contributed by atoms with van der Waals surface area (Å²) in [5, 5.41) is 0. The molecule has 0 heterocycles. The molecule has 0 rings (SSSR count). The van der Waals surface area contributed by atoms with Gasteiger partial charge in [0.1, 0.15) is 6.61 Å². The highest BCUT2D eigenvalue weighted by molar-refractivity contribution is 5.70. The first-order valence-corrected chi connectivity index (χ1v) is 24.2. The minimum atomic E-state index is -0.541. The molecule has 1 atom stereocenters. The summed E-state index contributed by atoms with van der Waals surface area (Å²) in [5.74, 6) is -0.414. The molecule has 0 aromatic rings. The molecule has 0 N–H and O–H groups in total. The van der Waals surface area contributed by atoms with Crippen LogP contribution in [0, 0.1) is 0 Å². The number of hydrogen-bond donors (Lipinski definition) is 0. The monoisotopic (exact) mass is 785 g/mol. The lowest BCUT2D eigenvalue weighted by Crippen LogP contribution is -2.30. The lowest BCUT2D eigenvalue weighted by molar-refractivity contribution is -0.163. The Hall–Kier alpha value is -2.14. The number of carbonyl (C=O) groups excluding carboxylic acids is 2. The number of carbonyl (C=O) groups is 2. The van der Waals surface area contributed by atoms with Gasteiger partial charge in [-0.3, -0.25) is 9.59 Å². The molecule has 5 nitrogen and oxygen atoms in total. The van der Waals surface area contributed by atoms with E-state index in [0.717, 1.165) is 70.6 Å². The number of esters is 2. The maximum absolute atomic E-state index is 12.7. The van der Waals surface area contributed by atoms with Gasteiger partial charge in [0.2, 0.25) is 0 Å². The van der Waals surface area contributed by atoms with Crippen molar-refractivity contribution in [2.45, 2.75) is 245 Å². The molecule has 0 amide bonds. The Morgan fingerprint density at radius 2 is 0.804 bits per heavy atom. The molecule has 0 spiro atoms. The van der Waals surface area contributed by atoms with Gasteiger partial charge >= 0.3 is 11.9 Å². The minimum absolute atomic E-state index is 0.0764. The molecule has 0 fully saturated rings. The Labute approximate surface area is 348 Å². The predicted molar refractivity (Wildman–Crippen MR) is 242 cm³/mol. The van der Waals surface area contributed by atoms with Crippen LogP contribution >= 0.6 is 0 Å². The van der Waals surface area contributed by atoms with Crippen LogP contribution in [-0.2, 0) is 23.8 Å². The molecule has 5 heteroatoms. The number of hydrogen-bond acceptors (Lipinski definition) is 5. The second kappa shape index (κ2) is 47.2. The largest absolute Gasteiger partial charge is 0.462 e. The molecule has 56 heavy (non-hydrogen) atoms. The SMILES string of the molecule is CC/C=C\C/C=C\C/C=C\CCCCCCCC(=O)OCC(COCCCCCCCC/C=C\CCCCCC)OC(=O)CCCCCCCCCCCCC. The third-order valence-electron chi connectivity index (χ3n) is 10.3. The fourth-order valence-corrected chi connectivity index (χ4v) is 6.75. The van der Waals surface area contributed by atoms with Crippen molar-refractivity contribution in [3.63, 3.8) is 0 Å². The second-order valence-corrected chi connectivity index (χ2v) is 16.0. The van der Waals surface area contributed by atoms with Crippen molar-refractivity contribution < 1.29 is 23.8 Å². The molecule has 0 radical (unpaired) electrons. The van der Waals surface area contributed by atoms with Crippen LogP contribution in [0.4, 0.5) is 0 Å². The standard InChI is InChI=1S/C51H92O5/c1-4-7-10-13-16-19-22-24-26-27-30-32-35-38-41-44-50(52)55-48-49(56-51(53)45-42-39-36-33-29-21-18-15-12-9-6-3)47-54-46-43-40-37-34-31-28-25-23-20-17-14-11-8-5-2/h7,10,16,19-20,23-24,26,49H,4-6,8-9,11-15,17-18,21-22,25,27-48H2,1-3H3/b10-7-,19-16-,23-20-,26-24-. The predicted octanol–water partition coefficient (Wildman–Crippen LogP) is 16.0. The molecule has 0 saturated carbocycles. The van der Waals surface area contributed by atoms with E-state index in [9.17, 15) is 9.59 Å². The van der Waals surface area contributed by atoms with E-state index in [1.165, 1.54) is 135 Å². The molecule has 0 aromatic heterocycles. The Morgan fingerprint density at radius 3 is 1.32 bits per heavy atom. The van der Waals surface area contributed by atoms with E-state index in [2.05, 4.69) is 69.4 Å². The highest BCUT2D eigenvalue weighted by Gasteiger charge is 2.17. The fourth-order valence-electron chi connectivity index (χ4n) is 6.75. The van der Waals surface area contributed by atoms with Crippen LogP contribution in [0.1, 0.15) is 239 Å². The Bertz CT molecular complexity index is 935. The van der Waals surface area contributed by atoms with Gasteiger partial charge in [0.05, 0.1) is 6.61 Å². The van der Waals surface area contributed by atoms with E-state index < -0.39 is 6.10 Å². The number of unbranched alkanes of at least 4 members (excludes halogenated alkanes) is 25. The zero-order valence-corrected chi connectivity index (χ0v) is 37.4. The zero-order chi connectivity index (χ0) is 40.7. The minimum Gasteiger partial charge on any atom is -0.462 e. The van der Waals surface area contributed by atoms with E-state index in [1.807, 2.05) is 0 Å². The van der Waals surface area contributed by atoms with Crippen molar-refractivity contribution >= 4 is 11.9 Å². The van der Waals surface area contributed by atoms with Crippen LogP contribution in [0.5, 0.6) is 0 Å². The van der Waals surface area contributed by atoms with Crippen LogP contribution in [0.2, 0.25) is 0 Å². The van der Waals surface area contributed by atoms with Crippen molar-refractivity contribution in [2.24, 2.45) is 0 Å². The Kier molecular flexibility index (Phi) is 45.4. The molecule has 0 bridgehead atoms. The van der Waals surface area contributed by atoms with Gasteiger partial charge in [0.15, 0.2) is 6.10 Å². The first-order valence-electron chi connectivity index (χ1n) is 24.2. The van der Waals surface area contributed by atoms with Gasteiger partial charge in [-0.1, -0.05) is 198 Å². The van der Waals surface area contributed by atoms with E-state index in [4.69, 9.17) is 14.2 Å². The molecule has 0 aliphatic carbocycles. The second-order valence-electron chi connectivity index (χ2n) is 16.0. The van der Waals surface area contributed by atoms with Crippen LogP contribution < -0.4 is 0 Å². The number of allylic oxidation sites excluding steroid dienone is 8. The maximum atomic E-state index is 12.7. The summed E-state index contributed by atoms with van der Waals surface area (Å²) in [4.78, 5) is 25.3. The molecule has 0 saturated heterocycles. The van der Waals surface area contributed by atoms with Crippen molar-refractivity contribution in [1.29, 1.82) is 0 Å². The van der Waals surface area contributed by atoms with E-state index in [1.54, 1.807) is 0 Å². The first kappa shape index (κ1) is 53.9. The van der Waals surface area contributed by atoms with Gasteiger partial charge in [-0.25, -0.2) is 0 Å². The van der Waals surface area contributed by atoms with Gasteiger partial charge < -0.3 is 14.2 Å². The van der Waals surface area contributed by atoms with Crippen molar-refractivity contribution in [3.8, 4) is 0 Å². The van der Waals surface area contributed by atoms with Crippen molar-refractivity contribution in [3.05, 3.63) is 48.6 Å². The van der Waals surface area contributed by atoms with Crippen LogP contribution in [0.25, 0.3) is 0 Å². The average molecular weight is 785 g/mol. The maximum Gasteiger partial charge on any atom is 0.306 e. The van der Waals surface area contributed by atoms with E-state index in [0.29, 0.717) is 19.4 Å². The molecule has 0 aromatic carbocycles. The summed E-state index contributed by atoms with van der Waals surface area (Å²) >= 11 is 0. The highest BCUT2D eigenvalue weighted by atomic mass is 16.6. The summed E-state index contributed by atoms with van der Waals surface area (Å²) < 4.78 is 17.3. The fraction of sp³-hybridized carbons (Fsp3) is 0.804. The molecular formula is C51H92O5. The number of rotatable bonds is 44. The Morgan fingerprint density at radius 1 is 0.411 bits per heavy atom. The highest BCUT2D eigenvalue weighted by Crippen LogP contribution is 2.14. The molecule has 1 unspecified atom stereocenters. The number of ether oxygens (including phenoxy) is 3. The third kappa shape index (κ3) is 44.6. The van der Waals surface area contributed by atoms with Gasteiger partial charge in [0, 0.05) is 19.4 Å². The van der Waals surface area contributed by atoms with Crippen molar-refractivity contribution in [1.82, 2.24) is 0 Å². The van der Waals surface area contributed by atoms with Crippen LogP contribution in [0.3, 0.4) is 0 Å². The summed E-state index contributed by atoms with van der Waals surface area (Å²) in [6, 6.07) is 0. The quantitative estimate of drug-likeness (QED) is 0.0350. The Balaban J connectivity index is 4.27. The van der Waals surface area contributed by atoms with E-state index in [-0.39, 0.29) is 25.2 Å². The lowest BCUT2D eigenvalue weighted by Gasteiger charge is -2.18. The lowest BCUT2D eigenvalue weighted by atomic mass is 10.1. The molecule has 326 valence electrons. The van der Waals surface area contributed by atoms with Gasteiger partial charge in [0.25, 0.3) is 0 Å². The molecule has 0 aliphatic rings. The topological polar surface area (TPSA) is 61.8 Å². The van der Waals surface area contributed by atoms with E-state index >= 15 is 0 Å². The van der Waals surface area contributed by atoms with Gasteiger partial charge in [-0.15, -0.1) is 0 Å². The molecular weight excluding hydrogens is 693 g/mol.